The van der Waals surface area contributed by atoms with Crippen molar-refractivity contribution in [3.8, 4) is 11.4 Å². The average molecular weight is 380 g/mol. The summed E-state index contributed by atoms with van der Waals surface area (Å²) in [6, 6.07) is 11.7. The highest BCUT2D eigenvalue weighted by Crippen LogP contribution is 2.23. The normalized spacial score (nSPS) is 11.5. The number of ether oxygens (including phenoxy) is 1. The lowest BCUT2D eigenvalue weighted by molar-refractivity contribution is 0.302. The topological polar surface area (TPSA) is 86.3 Å². The van der Waals surface area contributed by atoms with Crippen LogP contribution in [0.3, 0.4) is 0 Å². The van der Waals surface area contributed by atoms with Crippen LogP contribution in [0.15, 0.2) is 46.3 Å². The maximum Gasteiger partial charge on any atom is 0.368 e. The number of nitrogens with zero attached hydrogens (tertiary/aromatic N) is 5. The van der Waals surface area contributed by atoms with Gasteiger partial charge in [-0.15, -0.1) is 0 Å². The second-order valence-electron chi connectivity index (χ2n) is 6.56. The fourth-order valence-corrected chi connectivity index (χ4v) is 2.96. The van der Waals surface area contributed by atoms with Crippen LogP contribution in [-0.4, -0.2) is 32.5 Å². The van der Waals surface area contributed by atoms with E-state index >= 15 is 0 Å². The van der Waals surface area contributed by atoms with Crippen LogP contribution >= 0.6 is 0 Å². The molecule has 0 spiro atoms. The third-order valence-electron chi connectivity index (χ3n) is 4.58. The van der Waals surface area contributed by atoms with Crippen molar-refractivity contribution in [2.24, 2.45) is 12.1 Å². The number of nitrogens with one attached hydrogen (secondary N) is 1. The van der Waals surface area contributed by atoms with E-state index in [-0.39, 0.29) is 5.69 Å². The summed E-state index contributed by atoms with van der Waals surface area (Å²) in [7, 11) is 3.35. The molecule has 0 aliphatic carbocycles. The van der Waals surface area contributed by atoms with Crippen molar-refractivity contribution >= 4 is 5.71 Å². The largest absolute Gasteiger partial charge is 0.489 e. The molecule has 3 rings (SSSR count). The molecule has 0 saturated heterocycles. The standard InChI is InChI=1S/C20H24N6O2/c1-13-7-6-8-18(26-20(27)25(5)23-24-26)17(13)12-28-19-10-9-16(11-14(19)2)15(3)22-21-4/h6-11,21H,12H2,1-5H3. The van der Waals surface area contributed by atoms with Gasteiger partial charge >= 0.3 is 5.69 Å². The lowest BCUT2D eigenvalue weighted by atomic mass is 10.1. The van der Waals surface area contributed by atoms with E-state index in [9.17, 15) is 4.79 Å². The SMILES string of the molecule is CNN=C(C)c1ccc(OCc2c(C)cccc2-n2nnn(C)c2=O)c(C)c1. The van der Waals surface area contributed by atoms with Crippen molar-refractivity contribution in [1.29, 1.82) is 0 Å². The molecule has 0 fully saturated rings. The Labute approximate surface area is 163 Å². The van der Waals surface area contributed by atoms with Crippen molar-refractivity contribution in [2.75, 3.05) is 7.05 Å². The molecule has 0 bridgehead atoms. The van der Waals surface area contributed by atoms with Gasteiger partial charge in [0, 0.05) is 19.7 Å². The molecule has 0 amide bonds. The van der Waals surface area contributed by atoms with E-state index < -0.39 is 0 Å². The van der Waals surface area contributed by atoms with Crippen LogP contribution < -0.4 is 15.9 Å². The van der Waals surface area contributed by atoms with Gasteiger partial charge in [-0.1, -0.05) is 12.1 Å². The number of hydrogen-bond donors (Lipinski definition) is 1. The molecule has 0 aliphatic heterocycles. The van der Waals surface area contributed by atoms with Gasteiger partial charge in [0.1, 0.15) is 12.4 Å². The Morgan fingerprint density at radius 1 is 1.18 bits per heavy atom. The van der Waals surface area contributed by atoms with Crippen molar-refractivity contribution in [1.82, 2.24) is 25.2 Å². The van der Waals surface area contributed by atoms with E-state index in [0.717, 1.165) is 33.7 Å². The molecule has 0 radical (unpaired) electrons. The summed E-state index contributed by atoms with van der Waals surface area (Å²) < 4.78 is 8.57. The van der Waals surface area contributed by atoms with Crippen molar-refractivity contribution < 1.29 is 4.74 Å². The molecular formula is C20H24N6O2. The smallest absolute Gasteiger partial charge is 0.368 e. The molecule has 2 aromatic carbocycles. The molecule has 146 valence electrons. The highest BCUT2D eigenvalue weighted by atomic mass is 16.5. The van der Waals surface area contributed by atoms with E-state index in [1.165, 1.54) is 9.36 Å². The van der Waals surface area contributed by atoms with E-state index in [1.54, 1.807) is 14.1 Å². The predicted octanol–water partition coefficient (Wildman–Crippen LogP) is 2.11. The first kappa shape index (κ1) is 19.3. The second-order valence-corrected chi connectivity index (χ2v) is 6.56. The van der Waals surface area contributed by atoms with Crippen LogP contribution in [0.2, 0.25) is 0 Å². The Balaban J connectivity index is 1.89. The van der Waals surface area contributed by atoms with Gasteiger partial charge < -0.3 is 10.2 Å². The third-order valence-corrected chi connectivity index (χ3v) is 4.58. The molecular weight excluding hydrogens is 356 g/mol. The van der Waals surface area contributed by atoms with Crippen LogP contribution in [0.5, 0.6) is 5.75 Å². The summed E-state index contributed by atoms with van der Waals surface area (Å²) in [5, 5.41) is 12.0. The van der Waals surface area contributed by atoms with Crippen molar-refractivity contribution in [3.05, 3.63) is 69.1 Å². The van der Waals surface area contributed by atoms with Gasteiger partial charge in [0.25, 0.3) is 0 Å². The van der Waals surface area contributed by atoms with Gasteiger partial charge in [0.15, 0.2) is 0 Å². The zero-order chi connectivity index (χ0) is 20.3. The van der Waals surface area contributed by atoms with Gasteiger partial charge in [0.05, 0.1) is 11.4 Å². The summed E-state index contributed by atoms with van der Waals surface area (Å²) in [6.45, 7) is 6.24. The van der Waals surface area contributed by atoms with Gasteiger partial charge in [-0.3, -0.25) is 0 Å². The van der Waals surface area contributed by atoms with Crippen molar-refractivity contribution in [3.63, 3.8) is 0 Å². The molecule has 8 heteroatoms. The maximum absolute atomic E-state index is 12.3. The number of aromatic nitrogens is 4. The average Bonchev–Trinajstić information content (AvgIpc) is 3.00. The molecule has 0 unspecified atom stereocenters. The van der Waals surface area contributed by atoms with Crippen LogP contribution in [0.25, 0.3) is 5.69 Å². The molecule has 8 nitrogen and oxygen atoms in total. The summed E-state index contributed by atoms with van der Waals surface area (Å²) in [5.74, 6) is 0.779. The van der Waals surface area contributed by atoms with Crippen LogP contribution in [0.4, 0.5) is 0 Å². The van der Waals surface area contributed by atoms with Gasteiger partial charge in [-0.2, -0.15) is 14.5 Å². The van der Waals surface area contributed by atoms with E-state index in [1.807, 2.05) is 57.2 Å². The van der Waals surface area contributed by atoms with Gasteiger partial charge in [0.2, 0.25) is 0 Å². The Bertz CT molecular complexity index is 1080. The van der Waals surface area contributed by atoms with Crippen LogP contribution in [0.1, 0.15) is 29.2 Å². The summed E-state index contributed by atoms with van der Waals surface area (Å²) in [4.78, 5) is 12.3. The number of hydrogen-bond acceptors (Lipinski definition) is 6. The lowest BCUT2D eigenvalue weighted by Gasteiger charge is -2.15. The Hall–Kier alpha value is -3.42. The molecule has 0 aliphatic rings. The quantitative estimate of drug-likeness (QED) is 0.523. The zero-order valence-electron chi connectivity index (χ0n) is 16.7. The highest BCUT2D eigenvalue weighted by Gasteiger charge is 2.14. The molecule has 1 N–H and O–H groups in total. The predicted molar refractivity (Wildman–Crippen MR) is 108 cm³/mol. The minimum Gasteiger partial charge on any atom is -0.489 e. The lowest BCUT2D eigenvalue weighted by Crippen LogP contribution is -2.23. The first-order chi connectivity index (χ1) is 13.4. The zero-order valence-corrected chi connectivity index (χ0v) is 16.7. The number of rotatable bonds is 6. The monoisotopic (exact) mass is 380 g/mol. The molecule has 1 heterocycles. The number of tetrazole rings is 1. The van der Waals surface area contributed by atoms with Crippen molar-refractivity contribution in [2.45, 2.75) is 27.4 Å². The Kier molecular flexibility index (Phi) is 5.58. The summed E-state index contributed by atoms with van der Waals surface area (Å²) >= 11 is 0. The number of benzene rings is 2. The number of aryl methyl sites for hydroxylation is 3. The number of hydrazone groups is 1. The first-order valence-corrected chi connectivity index (χ1v) is 8.95. The fourth-order valence-electron chi connectivity index (χ4n) is 2.96. The summed E-state index contributed by atoms with van der Waals surface area (Å²) in [5.41, 5.74) is 8.02. The van der Waals surface area contributed by atoms with Gasteiger partial charge in [-0.25, -0.2) is 4.79 Å². The Morgan fingerprint density at radius 3 is 2.61 bits per heavy atom. The summed E-state index contributed by atoms with van der Waals surface area (Å²) in [6.07, 6.45) is 0. The minimum absolute atomic E-state index is 0.299. The maximum atomic E-state index is 12.3. The van der Waals surface area contributed by atoms with E-state index in [2.05, 4.69) is 21.0 Å². The second kappa shape index (κ2) is 8.08. The highest BCUT2D eigenvalue weighted by molar-refractivity contribution is 5.98. The van der Waals surface area contributed by atoms with E-state index in [0.29, 0.717) is 12.3 Å². The van der Waals surface area contributed by atoms with Crippen LogP contribution in [-0.2, 0) is 13.7 Å². The fraction of sp³-hybridized carbons (Fsp3) is 0.300. The minimum atomic E-state index is -0.299. The molecule has 28 heavy (non-hydrogen) atoms. The van der Waals surface area contributed by atoms with Gasteiger partial charge in [-0.05, 0) is 72.2 Å². The molecule has 0 saturated carbocycles. The first-order valence-electron chi connectivity index (χ1n) is 8.95. The Morgan fingerprint density at radius 2 is 1.96 bits per heavy atom. The molecule has 0 atom stereocenters. The third kappa shape index (κ3) is 3.80. The molecule has 3 aromatic rings. The molecule has 1 aromatic heterocycles. The van der Waals surface area contributed by atoms with E-state index in [4.69, 9.17) is 4.74 Å². The van der Waals surface area contributed by atoms with Crippen LogP contribution in [0, 0.1) is 13.8 Å².